The first-order valence-electron chi connectivity index (χ1n) is 8.16. The number of benzene rings is 1. The van der Waals surface area contributed by atoms with Gasteiger partial charge in [-0.25, -0.2) is 0 Å². The summed E-state index contributed by atoms with van der Waals surface area (Å²) in [5, 5.41) is 0.977. The Morgan fingerprint density at radius 1 is 1.29 bits per heavy atom. The van der Waals surface area contributed by atoms with Crippen LogP contribution in [0.25, 0.3) is 10.9 Å². The average molecular weight is 358 g/mol. The minimum Gasteiger partial charge on any atom is -0.334 e. The summed E-state index contributed by atoms with van der Waals surface area (Å²) in [6.45, 7) is 3.90. The zero-order valence-electron chi connectivity index (χ0n) is 13.8. The Morgan fingerprint density at radius 3 is 2.67 bits per heavy atom. The minimum absolute atomic E-state index is 0.117. The molecule has 0 unspecified atom stereocenters. The number of ketones is 2. The second-order valence-electron chi connectivity index (χ2n) is 6.30. The summed E-state index contributed by atoms with van der Waals surface area (Å²) >= 11 is 3.85. The highest BCUT2D eigenvalue weighted by atomic mass is 32.2. The largest absolute Gasteiger partial charge is 0.334 e. The van der Waals surface area contributed by atoms with E-state index in [1.54, 1.807) is 6.92 Å². The van der Waals surface area contributed by atoms with E-state index in [-0.39, 0.29) is 15.6 Å². The summed E-state index contributed by atoms with van der Waals surface area (Å²) < 4.78 is 1.96. The molecule has 3 nitrogen and oxygen atoms in total. The molecule has 1 aliphatic heterocycles. The van der Waals surface area contributed by atoms with Crippen molar-refractivity contribution in [3.05, 3.63) is 47.2 Å². The third-order valence-electron chi connectivity index (χ3n) is 4.76. The third-order valence-corrected chi connectivity index (χ3v) is 8.15. The molecule has 1 fully saturated rings. The predicted octanol–water partition coefficient (Wildman–Crippen LogP) is 4.40. The molecule has 5 heteroatoms. The monoisotopic (exact) mass is 357 g/mol. The number of para-hydroxylation sites is 1. The Kier molecular flexibility index (Phi) is 3.88. The topological polar surface area (TPSA) is 39.1 Å². The van der Waals surface area contributed by atoms with E-state index in [0.29, 0.717) is 6.54 Å². The molecular formula is C19H19NO2S2. The number of hydrogen-bond acceptors (Lipinski definition) is 4. The van der Waals surface area contributed by atoms with Gasteiger partial charge in [0.2, 0.25) is 0 Å². The molecule has 2 heterocycles. The molecule has 24 heavy (non-hydrogen) atoms. The number of rotatable bonds is 2. The molecule has 0 radical (unpaired) electrons. The Morgan fingerprint density at radius 2 is 2.00 bits per heavy atom. The van der Waals surface area contributed by atoms with Crippen molar-refractivity contribution in [2.45, 2.75) is 30.9 Å². The molecule has 0 N–H and O–H groups in total. The van der Waals surface area contributed by atoms with Crippen molar-refractivity contribution in [3.8, 4) is 0 Å². The van der Waals surface area contributed by atoms with Crippen LogP contribution < -0.4 is 0 Å². The van der Waals surface area contributed by atoms with Crippen LogP contribution in [0.5, 0.6) is 0 Å². The van der Waals surface area contributed by atoms with Crippen molar-refractivity contribution in [1.82, 2.24) is 4.57 Å². The van der Waals surface area contributed by atoms with E-state index in [2.05, 4.69) is 4.57 Å². The van der Waals surface area contributed by atoms with Gasteiger partial charge in [0.25, 0.3) is 0 Å². The molecule has 0 amide bonds. The molecule has 0 saturated carbocycles. The average Bonchev–Trinajstić information content (AvgIpc) is 3.15. The summed E-state index contributed by atoms with van der Waals surface area (Å²) in [7, 11) is 0. The highest BCUT2D eigenvalue weighted by Gasteiger charge is 2.48. The fraction of sp³-hybridized carbons (Fsp3) is 0.368. The Labute approximate surface area is 149 Å². The number of aromatic nitrogens is 1. The van der Waals surface area contributed by atoms with E-state index in [1.165, 1.54) is 0 Å². The van der Waals surface area contributed by atoms with Gasteiger partial charge in [-0.3, -0.25) is 9.59 Å². The lowest BCUT2D eigenvalue weighted by molar-refractivity contribution is -0.117. The van der Waals surface area contributed by atoms with Crippen molar-refractivity contribution in [2.75, 3.05) is 11.5 Å². The lowest BCUT2D eigenvalue weighted by atomic mass is 9.88. The molecule has 1 aromatic heterocycles. The second kappa shape index (κ2) is 5.81. The molecule has 0 atom stereocenters. The molecule has 4 rings (SSSR count). The van der Waals surface area contributed by atoms with Crippen LogP contribution in [-0.4, -0.2) is 27.6 Å². The van der Waals surface area contributed by atoms with Gasteiger partial charge in [-0.15, -0.1) is 23.5 Å². The fourth-order valence-corrected chi connectivity index (χ4v) is 7.19. The smallest absolute Gasteiger partial charge is 0.191 e. The molecular weight excluding hydrogens is 338 g/mol. The molecule has 0 bridgehead atoms. The predicted molar refractivity (Wildman–Crippen MR) is 102 cm³/mol. The van der Waals surface area contributed by atoms with E-state index < -0.39 is 0 Å². The van der Waals surface area contributed by atoms with Crippen LogP contribution in [0.15, 0.2) is 35.9 Å². The van der Waals surface area contributed by atoms with E-state index in [9.17, 15) is 9.59 Å². The second-order valence-corrected chi connectivity index (χ2v) is 9.34. The SMILES string of the molecule is CC=C1CC2(SCCS2)c2c(c3ccccc3n2CC(C)=O)C1=O. The van der Waals surface area contributed by atoms with Crippen LogP contribution >= 0.6 is 23.5 Å². The van der Waals surface area contributed by atoms with Crippen molar-refractivity contribution in [1.29, 1.82) is 0 Å². The lowest BCUT2D eigenvalue weighted by Crippen LogP contribution is -2.30. The first-order chi connectivity index (χ1) is 11.6. The van der Waals surface area contributed by atoms with Crippen molar-refractivity contribution < 1.29 is 9.59 Å². The Bertz CT molecular complexity index is 888. The molecule has 1 spiro atoms. The van der Waals surface area contributed by atoms with Crippen molar-refractivity contribution in [2.24, 2.45) is 0 Å². The van der Waals surface area contributed by atoms with Gasteiger partial charge in [-0.1, -0.05) is 24.3 Å². The first kappa shape index (κ1) is 16.0. The van der Waals surface area contributed by atoms with Gasteiger partial charge in [-0.2, -0.15) is 0 Å². The highest BCUT2D eigenvalue weighted by molar-refractivity contribution is 8.20. The van der Waals surface area contributed by atoms with Gasteiger partial charge in [-0.05, 0) is 25.5 Å². The summed E-state index contributed by atoms with van der Waals surface area (Å²) in [6.07, 6.45) is 2.71. The van der Waals surface area contributed by atoms with Gasteiger partial charge in [0.05, 0.1) is 17.8 Å². The molecule has 2 aromatic rings. The maximum absolute atomic E-state index is 13.1. The van der Waals surface area contributed by atoms with E-state index in [0.717, 1.165) is 45.7 Å². The third kappa shape index (κ3) is 2.21. The van der Waals surface area contributed by atoms with E-state index in [1.807, 2.05) is 60.8 Å². The van der Waals surface area contributed by atoms with E-state index in [4.69, 9.17) is 0 Å². The molecule has 124 valence electrons. The van der Waals surface area contributed by atoms with Gasteiger partial charge >= 0.3 is 0 Å². The molecule has 2 aliphatic rings. The number of allylic oxidation sites excluding steroid dienone is 2. The number of fused-ring (bicyclic) bond motifs is 4. The first-order valence-corrected chi connectivity index (χ1v) is 10.1. The van der Waals surface area contributed by atoms with Gasteiger partial charge in [0, 0.05) is 28.8 Å². The molecule has 1 aromatic carbocycles. The number of thioether (sulfide) groups is 2. The Balaban J connectivity index is 2.10. The number of carbonyl (C=O) groups is 2. The van der Waals surface area contributed by atoms with Gasteiger partial charge < -0.3 is 4.57 Å². The zero-order chi connectivity index (χ0) is 16.9. The standard InChI is InChI=1S/C19H19NO2S2/c1-3-13-10-19(23-8-9-24-19)18-16(17(13)22)14-6-4-5-7-15(14)20(18)11-12(2)21/h3-7H,8-11H2,1-2H3. The van der Waals surface area contributed by atoms with Crippen molar-refractivity contribution >= 4 is 46.0 Å². The quantitative estimate of drug-likeness (QED) is 0.747. The number of carbonyl (C=O) groups excluding carboxylic acids is 2. The van der Waals surface area contributed by atoms with Crippen LogP contribution in [0, 0.1) is 0 Å². The van der Waals surface area contributed by atoms with Crippen LogP contribution in [0.3, 0.4) is 0 Å². The molecule has 1 aliphatic carbocycles. The lowest BCUT2D eigenvalue weighted by Gasteiger charge is -2.34. The van der Waals surface area contributed by atoms with Crippen LogP contribution in [0.2, 0.25) is 0 Å². The number of nitrogens with zero attached hydrogens (tertiary/aromatic N) is 1. The summed E-state index contributed by atoms with van der Waals surface area (Å²) in [5.74, 6) is 2.41. The maximum atomic E-state index is 13.1. The van der Waals surface area contributed by atoms with Gasteiger partial charge in [0.1, 0.15) is 9.86 Å². The summed E-state index contributed by atoms with van der Waals surface area (Å²) in [5.41, 5.74) is 3.76. The fourth-order valence-electron chi connectivity index (χ4n) is 3.82. The maximum Gasteiger partial charge on any atom is 0.191 e. The number of hydrogen-bond donors (Lipinski definition) is 0. The minimum atomic E-state index is -0.139. The summed E-state index contributed by atoms with van der Waals surface area (Å²) in [6, 6.07) is 7.99. The highest BCUT2D eigenvalue weighted by Crippen LogP contribution is 2.60. The van der Waals surface area contributed by atoms with Crippen molar-refractivity contribution in [3.63, 3.8) is 0 Å². The van der Waals surface area contributed by atoms with Crippen LogP contribution in [-0.2, 0) is 15.4 Å². The van der Waals surface area contributed by atoms with Gasteiger partial charge in [0.15, 0.2) is 5.78 Å². The number of Topliss-reactive ketones (excluding diaryl/α,β-unsaturated/α-hetero) is 2. The van der Waals surface area contributed by atoms with Crippen LogP contribution in [0.4, 0.5) is 0 Å². The Hall–Kier alpha value is -1.46. The normalized spacial score (nSPS) is 20.9. The summed E-state index contributed by atoms with van der Waals surface area (Å²) in [4.78, 5) is 25.0. The molecule has 1 saturated heterocycles. The zero-order valence-corrected chi connectivity index (χ0v) is 15.4. The van der Waals surface area contributed by atoms with E-state index >= 15 is 0 Å². The van der Waals surface area contributed by atoms with Crippen LogP contribution in [0.1, 0.15) is 36.3 Å².